The molecule has 1 N–H and O–H groups in total. The number of nitrogens with zero attached hydrogens (tertiary/aromatic N) is 2. The van der Waals surface area contributed by atoms with E-state index in [2.05, 4.69) is 22.1 Å². The Labute approximate surface area is 165 Å². The van der Waals surface area contributed by atoms with Crippen LogP contribution in [-0.4, -0.2) is 43.7 Å². The number of benzene rings is 1. The first kappa shape index (κ1) is 20.0. The van der Waals surface area contributed by atoms with Gasteiger partial charge in [0.25, 0.3) is 6.01 Å². The number of ether oxygens (including phenoxy) is 1. The lowest BCUT2D eigenvalue weighted by molar-refractivity contribution is -0.122. The molecule has 27 heavy (non-hydrogen) atoms. The molecule has 1 aromatic heterocycles. The number of oxazole rings is 1. The van der Waals surface area contributed by atoms with Gasteiger partial charge in [0.2, 0.25) is 5.91 Å². The maximum Gasteiger partial charge on any atom is 0.298 e. The Morgan fingerprint density at radius 1 is 1.44 bits per heavy atom. The zero-order chi connectivity index (χ0) is 19.1. The minimum atomic E-state index is 0.113. The van der Waals surface area contributed by atoms with Gasteiger partial charge < -0.3 is 19.4 Å². The average Bonchev–Trinajstić information content (AvgIpc) is 3.08. The number of halogens is 1. The van der Waals surface area contributed by atoms with Crippen molar-refractivity contribution in [3.05, 3.63) is 23.2 Å². The first-order chi connectivity index (χ1) is 13.2. The van der Waals surface area contributed by atoms with Gasteiger partial charge in [-0.15, -0.1) is 0 Å². The van der Waals surface area contributed by atoms with Crippen molar-refractivity contribution >= 4 is 34.6 Å². The molecule has 6 nitrogen and oxygen atoms in total. The average molecular weight is 394 g/mol. The summed E-state index contributed by atoms with van der Waals surface area (Å²) in [5, 5.41) is 3.64. The monoisotopic (exact) mass is 393 g/mol. The SMILES string of the molecule is CCCOCCCNC(=O)CC1CCCN(c2nc3ccc(Cl)cc3o2)C1. The van der Waals surface area contributed by atoms with E-state index >= 15 is 0 Å². The fourth-order valence-electron chi connectivity index (χ4n) is 3.41. The Kier molecular flexibility index (Phi) is 7.35. The topological polar surface area (TPSA) is 67.6 Å². The summed E-state index contributed by atoms with van der Waals surface area (Å²) in [6, 6.07) is 6.08. The van der Waals surface area contributed by atoms with Crippen molar-refractivity contribution in [2.75, 3.05) is 37.7 Å². The maximum atomic E-state index is 12.2. The zero-order valence-electron chi connectivity index (χ0n) is 15.9. The summed E-state index contributed by atoms with van der Waals surface area (Å²) in [6.07, 6.45) is 4.50. The third-order valence-electron chi connectivity index (χ3n) is 4.74. The van der Waals surface area contributed by atoms with Crippen LogP contribution in [0.2, 0.25) is 5.02 Å². The van der Waals surface area contributed by atoms with E-state index in [1.165, 1.54) is 0 Å². The van der Waals surface area contributed by atoms with E-state index in [1.54, 1.807) is 6.07 Å². The van der Waals surface area contributed by atoms with Crippen LogP contribution in [0.4, 0.5) is 6.01 Å². The van der Waals surface area contributed by atoms with Crippen LogP contribution in [0.25, 0.3) is 11.1 Å². The van der Waals surface area contributed by atoms with Crippen molar-refractivity contribution in [1.29, 1.82) is 0 Å². The second-order valence-electron chi connectivity index (χ2n) is 7.08. The summed E-state index contributed by atoms with van der Waals surface area (Å²) in [6.45, 7) is 5.93. The van der Waals surface area contributed by atoms with E-state index in [1.807, 2.05) is 12.1 Å². The van der Waals surface area contributed by atoms with Crippen molar-refractivity contribution in [2.24, 2.45) is 5.92 Å². The predicted molar refractivity (Wildman–Crippen MR) is 107 cm³/mol. The number of fused-ring (bicyclic) bond motifs is 1. The second kappa shape index (κ2) is 9.95. The van der Waals surface area contributed by atoms with E-state index in [4.69, 9.17) is 20.8 Å². The number of anilines is 1. The van der Waals surface area contributed by atoms with Gasteiger partial charge in [-0.1, -0.05) is 18.5 Å². The Hall–Kier alpha value is -1.79. The molecule has 1 saturated heterocycles. The molecule has 0 saturated carbocycles. The number of amides is 1. The summed E-state index contributed by atoms with van der Waals surface area (Å²) in [7, 11) is 0. The summed E-state index contributed by atoms with van der Waals surface area (Å²) >= 11 is 6.02. The number of nitrogens with one attached hydrogen (secondary N) is 1. The number of aromatic nitrogens is 1. The van der Waals surface area contributed by atoms with Crippen LogP contribution in [-0.2, 0) is 9.53 Å². The van der Waals surface area contributed by atoms with Crippen molar-refractivity contribution in [3.63, 3.8) is 0 Å². The largest absolute Gasteiger partial charge is 0.423 e. The minimum Gasteiger partial charge on any atom is -0.423 e. The molecule has 3 rings (SSSR count). The van der Waals surface area contributed by atoms with E-state index < -0.39 is 0 Å². The van der Waals surface area contributed by atoms with Crippen molar-refractivity contribution in [3.8, 4) is 0 Å². The number of carbonyl (C=O) groups is 1. The molecule has 1 atom stereocenters. The first-order valence-corrected chi connectivity index (χ1v) is 10.2. The van der Waals surface area contributed by atoms with Crippen molar-refractivity contribution in [2.45, 2.75) is 39.0 Å². The van der Waals surface area contributed by atoms with E-state index in [9.17, 15) is 4.79 Å². The van der Waals surface area contributed by atoms with Gasteiger partial charge in [0.15, 0.2) is 5.58 Å². The van der Waals surface area contributed by atoms with Gasteiger partial charge in [-0.3, -0.25) is 4.79 Å². The standard InChI is InChI=1S/C20H28ClN3O3/c1-2-10-26-11-4-8-22-19(25)12-15-5-3-9-24(14-15)20-23-17-7-6-16(21)13-18(17)27-20/h6-7,13,15H,2-5,8-12,14H2,1H3,(H,22,25). The predicted octanol–water partition coefficient (Wildman–Crippen LogP) is 4.02. The smallest absolute Gasteiger partial charge is 0.298 e. The lowest BCUT2D eigenvalue weighted by Crippen LogP contribution is -2.38. The molecule has 7 heteroatoms. The second-order valence-corrected chi connectivity index (χ2v) is 7.52. The molecule has 0 aliphatic carbocycles. The summed E-state index contributed by atoms with van der Waals surface area (Å²) < 4.78 is 11.3. The van der Waals surface area contributed by atoms with Gasteiger partial charge in [0.05, 0.1) is 0 Å². The number of rotatable bonds is 9. The molecule has 1 aromatic carbocycles. The molecular formula is C20H28ClN3O3. The molecule has 0 spiro atoms. The maximum absolute atomic E-state index is 12.2. The Balaban J connectivity index is 1.46. The molecule has 148 valence electrons. The lowest BCUT2D eigenvalue weighted by Gasteiger charge is -2.31. The fraction of sp³-hybridized carbons (Fsp3) is 0.600. The Morgan fingerprint density at radius 3 is 3.19 bits per heavy atom. The molecule has 1 aliphatic rings. The van der Waals surface area contributed by atoms with Crippen LogP contribution in [0.3, 0.4) is 0 Å². The molecular weight excluding hydrogens is 366 g/mol. The number of carbonyl (C=O) groups excluding carboxylic acids is 1. The van der Waals surface area contributed by atoms with Gasteiger partial charge in [-0.05, 0) is 43.7 Å². The number of hydrogen-bond donors (Lipinski definition) is 1. The van der Waals surface area contributed by atoms with E-state index in [0.717, 1.165) is 50.9 Å². The first-order valence-electron chi connectivity index (χ1n) is 9.81. The third kappa shape index (κ3) is 5.84. The van der Waals surface area contributed by atoms with Gasteiger partial charge in [-0.25, -0.2) is 0 Å². The molecule has 1 aliphatic heterocycles. The fourth-order valence-corrected chi connectivity index (χ4v) is 3.57. The van der Waals surface area contributed by atoms with Crippen molar-refractivity contribution < 1.29 is 13.9 Å². The normalized spacial score (nSPS) is 17.4. The lowest BCUT2D eigenvalue weighted by atomic mass is 9.94. The van der Waals surface area contributed by atoms with Crippen LogP contribution in [0.15, 0.2) is 22.6 Å². The van der Waals surface area contributed by atoms with E-state index in [-0.39, 0.29) is 5.91 Å². The van der Waals surface area contributed by atoms with Crippen LogP contribution in [0.5, 0.6) is 0 Å². The Morgan fingerprint density at radius 2 is 2.33 bits per heavy atom. The quantitative estimate of drug-likeness (QED) is 0.651. The van der Waals surface area contributed by atoms with Crippen LogP contribution in [0.1, 0.15) is 39.0 Å². The molecule has 0 bridgehead atoms. The zero-order valence-corrected chi connectivity index (χ0v) is 16.6. The summed E-state index contributed by atoms with van der Waals surface area (Å²) in [4.78, 5) is 18.9. The summed E-state index contributed by atoms with van der Waals surface area (Å²) in [5.41, 5.74) is 1.50. The van der Waals surface area contributed by atoms with Crippen LogP contribution < -0.4 is 10.2 Å². The highest BCUT2D eigenvalue weighted by molar-refractivity contribution is 6.31. The third-order valence-corrected chi connectivity index (χ3v) is 4.97. The van der Waals surface area contributed by atoms with Crippen LogP contribution in [0, 0.1) is 5.92 Å². The number of piperidine rings is 1. The Bertz CT molecular complexity index is 749. The van der Waals surface area contributed by atoms with E-state index in [0.29, 0.717) is 42.1 Å². The van der Waals surface area contributed by atoms with Crippen LogP contribution >= 0.6 is 11.6 Å². The van der Waals surface area contributed by atoms with Gasteiger partial charge in [-0.2, -0.15) is 4.98 Å². The van der Waals surface area contributed by atoms with Crippen molar-refractivity contribution in [1.82, 2.24) is 10.3 Å². The molecule has 1 fully saturated rings. The van der Waals surface area contributed by atoms with Gasteiger partial charge in [0.1, 0.15) is 5.52 Å². The van der Waals surface area contributed by atoms with Gasteiger partial charge in [0, 0.05) is 50.4 Å². The molecule has 1 amide bonds. The molecule has 2 aromatic rings. The molecule has 0 radical (unpaired) electrons. The summed E-state index contributed by atoms with van der Waals surface area (Å²) in [5.74, 6) is 0.426. The molecule has 2 heterocycles. The highest BCUT2D eigenvalue weighted by atomic mass is 35.5. The molecule has 1 unspecified atom stereocenters. The minimum absolute atomic E-state index is 0.113. The highest BCUT2D eigenvalue weighted by Crippen LogP contribution is 2.28. The number of hydrogen-bond acceptors (Lipinski definition) is 5. The highest BCUT2D eigenvalue weighted by Gasteiger charge is 2.25. The van der Waals surface area contributed by atoms with Gasteiger partial charge >= 0.3 is 0 Å².